The lowest BCUT2D eigenvalue weighted by molar-refractivity contribution is -0.119. The van der Waals surface area contributed by atoms with Gasteiger partial charge in [0.25, 0.3) is 0 Å². The number of carbonyl (C=O) groups excluding carboxylic acids is 1. The first-order valence-corrected chi connectivity index (χ1v) is 12.1. The van der Waals surface area contributed by atoms with E-state index in [1.165, 1.54) is 36.4 Å². The number of rotatable bonds is 8. The molecule has 7 heteroatoms. The van der Waals surface area contributed by atoms with Crippen LogP contribution in [0.4, 0.5) is 5.69 Å². The third kappa shape index (κ3) is 6.83. The maximum atomic E-state index is 12.3. The Bertz CT molecular complexity index is 693. The maximum absolute atomic E-state index is 12.3. The number of anilines is 1. The van der Waals surface area contributed by atoms with E-state index in [4.69, 9.17) is 0 Å². The Labute approximate surface area is 162 Å². The number of amides is 1. The highest BCUT2D eigenvalue weighted by Gasteiger charge is 2.21. The van der Waals surface area contributed by atoms with Gasteiger partial charge >= 0.3 is 0 Å². The van der Waals surface area contributed by atoms with Crippen molar-refractivity contribution in [3.63, 3.8) is 0 Å². The van der Waals surface area contributed by atoms with Crippen molar-refractivity contribution in [3.05, 3.63) is 29.3 Å². The van der Waals surface area contributed by atoms with Gasteiger partial charge in [-0.15, -0.1) is 0 Å². The van der Waals surface area contributed by atoms with Crippen LogP contribution in [0.2, 0.25) is 0 Å². The fourth-order valence-corrected chi connectivity index (χ4v) is 5.39. The third-order valence-corrected chi connectivity index (χ3v) is 7.04. The minimum Gasteiger partial charge on any atom is -0.354 e. The van der Waals surface area contributed by atoms with Gasteiger partial charge < -0.3 is 5.32 Å². The van der Waals surface area contributed by atoms with Crippen LogP contribution < -0.4 is 9.62 Å². The van der Waals surface area contributed by atoms with Gasteiger partial charge in [0.15, 0.2) is 0 Å². The Morgan fingerprint density at radius 1 is 1.15 bits per heavy atom. The molecule has 146 valence electrons. The summed E-state index contributed by atoms with van der Waals surface area (Å²) in [5.74, 6) is 0.609. The van der Waals surface area contributed by atoms with E-state index in [0.717, 1.165) is 23.1 Å². The van der Waals surface area contributed by atoms with Crippen LogP contribution in [0.25, 0.3) is 0 Å². The second-order valence-corrected chi connectivity index (χ2v) is 10.4. The van der Waals surface area contributed by atoms with Gasteiger partial charge in [-0.05, 0) is 49.9 Å². The lowest BCUT2D eigenvalue weighted by Gasteiger charge is -2.23. The summed E-state index contributed by atoms with van der Waals surface area (Å²) in [6.45, 7) is 4.22. The molecule has 0 atom stereocenters. The van der Waals surface area contributed by atoms with Crippen molar-refractivity contribution in [1.82, 2.24) is 5.32 Å². The average molecular weight is 399 g/mol. The minimum atomic E-state index is -3.53. The van der Waals surface area contributed by atoms with Crippen LogP contribution in [0, 0.1) is 13.8 Å². The number of benzene rings is 1. The molecule has 1 aliphatic carbocycles. The number of nitrogens with one attached hydrogen (secondary N) is 1. The third-order valence-electron chi connectivity index (χ3n) is 4.51. The largest absolute Gasteiger partial charge is 0.354 e. The number of hydrogen-bond acceptors (Lipinski definition) is 4. The van der Waals surface area contributed by atoms with Gasteiger partial charge in [0.05, 0.1) is 11.9 Å². The van der Waals surface area contributed by atoms with Gasteiger partial charge in [-0.25, -0.2) is 8.42 Å². The van der Waals surface area contributed by atoms with Crippen LogP contribution in [0.5, 0.6) is 0 Å². The zero-order chi connectivity index (χ0) is 19.2. The zero-order valence-electron chi connectivity index (χ0n) is 16.0. The topological polar surface area (TPSA) is 66.5 Å². The smallest absolute Gasteiger partial charge is 0.240 e. The van der Waals surface area contributed by atoms with E-state index in [1.54, 1.807) is 12.1 Å². The summed E-state index contributed by atoms with van der Waals surface area (Å²) in [5.41, 5.74) is 2.48. The SMILES string of the molecule is Cc1cc(C)cc(N(CC(=O)NCCSC2CCCCC2)S(C)(=O)=O)c1. The Hall–Kier alpha value is -1.21. The lowest BCUT2D eigenvalue weighted by atomic mass is 10.0. The second-order valence-electron chi connectivity index (χ2n) is 7.10. The van der Waals surface area contributed by atoms with Crippen LogP contribution >= 0.6 is 11.8 Å². The van der Waals surface area contributed by atoms with Crippen molar-refractivity contribution in [3.8, 4) is 0 Å². The molecule has 26 heavy (non-hydrogen) atoms. The van der Waals surface area contributed by atoms with Crippen LogP contribution in [-0.4, -0.2) is 44.7 Å². The number of aryl methyl sites for hydroxylation is 2. The molecular weight excluding hydrogens is 368 g/mol. The summed E-state index contributed by atoms with van der Waals surface area (Å²) in [4.78, 5) is 12.3. The molecule has 1 saturated carbocycles. The van der Waals surface area contributed by atoms with Crippen LogP contribution in [0.1, 0.15) is 43.2 Å². The number of nitrogens with zero attached hydrogens (tertiary/aromatic N) is 1. The number of sulfonamides is 1. The Kier molecular flexibility index (Phi) is 7.83. The molecular formula is C19H30N2O3S2. The summed E-state index contributed by atoms with van der Waals surface area (Å²) in [6.07, 6.45) is 7.64. The molecule has 0 saturated heterocycles. The molecule has 0 spiro atoms. The predicted octanol–water partition coefficient (Wildman–Crippen LogP) is 3.25. The van der Waals surface area contributed by atoms with E-state index < -0.39 is 10.0 Å². The first-order chi connectivity index (χ1) is 12.3. The van der Waals surface area contributed by atoms with E-state index in [0.29, 0.717) is 17.5 Å². The van der Waals surface area contributed by atoms with Crippen molar-refractivity contribution in [2.24, 2.45) is 0 Å². The first kappa shape index (κ1) is 21.1. The molecule has 0 unspecified atom stereocenters. The fourth-order valence-electron chi connectivity index (χ4n) is 3.33. The average Bonchev–Trinajstić information content (AvgIpc) is 2.55. The molecule has 1 amide bonds. The molecule has 1 N–H and O–H groups in total. The van der Waals surface area contributed by atoms with E-state index in [1.807, 2.05) is 31.7 Å². The molecule has 2 rings (SSSR count). The number of carbonyl (C=O) groups is 1. The standard InChI is InChI=1S/C19H30N2O3S2/c1-15-11-16(2)13-17(12-15)21(26(3,23)24)14-19(22)20-9-10-25-18-7-5-4-6-8-18/h11-13,18H,4-10,14H2,1-3H3,(H,20,22). The summed E-state index contributed by atoms with van der Waals surface area (Å²) >= 11 is 1.92. The molecule has 1 aromatic carbocycles. The van der Waals surface area contributed by atoms with Gasteiger partial charge in [-0.2, -0.15) is 11.8 Å². The molecule has 0 bridgehead atoms. The highest BCUT2D eigenvalue weighted by Crippen LogP contribution is 2.27. The number of hydrogen-bond donors (Lipinski definition) is 1. The number of thioether (sulfide) groups is 1. The van der Waals surface area contributed by atoms with E-state index in [9.17, 15) is 13.2 Å². The van der Waals surface area contributed by atoms with Crippen LogP contribution in [-0.2, 0) is 14.8 Å². The summed E-state index contributed by atoms with van der Waals surface area (Å²) in [5, 5.41) is 3.57. The summed E-state index contributed by atoms with van der Waals surface area (Å²) in [6, 6.07) is 5.56. The predicted molar refractivity (Wildman–Crippen MR) is 110 cm³/mol. The Balaban J connectivity index is 1.88. The normalized spacial score (nSPS) is 15.7. The molecule has 1 aliphatic rings. The van der Waals surface area contributed by atoms with Gasteiger partial charge in [-0.3, -0.25) is 9.10 Å². The quantitative estimate of drug-likeness (QED) is 0.683. The van der Waals surface area contributed by atoms with Gasteiger partial charge in [0.1, 0.15) is 6.54 Å². The highest BCUT2D eigenvalue weighted by atomic mass is 32.2. The van der Waals surface area contributed by atoms with Gasteiger partial charge in [0, 0.05) is 17.5 Å². The molecule has 0 aromatic heterocycles. The first-order valence-electron chi connectivity index (χ1n) is 9.20. The molecule has 0 heterocycles. The van der Waals surface area contributed by atoms with E-state index >= 15 is 0 Å². The molecule has 1 fully saturated rings. The minimum absolute atomic E-state index is 0.185. The molecule has 1 aromatic rings. The van der Waals surface area contributed by atoms with Gasteiger partial charge in [-0.1, -0.05) is 25.3 Å². The highest BCUT2D eigenvalue weighted by molar-refractivity contribution is 7.99. The van der Waals surface area contributed by atoms with E-state index in [2.05, 4.69) is 5.32 Å². The van der Waals surface area contributed by atoms with Crippen LogP contribution in [0.3, 0.4) is 0 Å². The van der Waals surface area contributed by atoms with Crippen molar-refractivity contribution in [1.29, 1.82) is 0 Å². The molecule has 5 nitrogen and oxygen atoms in total. The Morgan fingerprint density at radius 2 is 1.77 bits per heavy atom. The zero-order valence-corrected chi connectivity index (χ0v) is 17.6. The maximum Gasteiger partial charge on any atom is 0.240 e. The van der Waals surface area contributed by atoms with Crippen molar-refractivity contribution in [2.75, 3.05) is 29.4 Å². The van der Waals surface area contributed by atoms with Crippen LogP contribution in [0.15, 0.2) is 18.2 Å². The summed E-state index contributed by atoms with van der Waals surface area (Å²) < 4.78 is 25.5. The van der Waals surface area contributed by atoms with Crippen molar-refractivity contribution >= 4 is 33.4 Å². The monoisotopic (exact) mass is 398 g/mol. The second kappa shape index (κ2) is 9.65. The lowest BCUT2D eigenvalue weighted by Crippen LogP contribution is -2.41. The van der Waals surface area contributed by atoms with Crippen molar-refractivity contribution < 1.29 is 13.2 Å². The van der Waals surface area contributed by atoms with E-state index in [-0.39, 0.29) is 12.5 Å². The fraction of sp³-hybridized carbons (Fsp3) is 0.632. The molecule has 0 radical (unpaired) electrons. The Morgan fingerprint density at radius 3 is 2.35 bits per heavy atom. The summed E-state index contributed by atoms with van der Waals surface area (Å²) in [7, 11) is -3.53. The molecule has 0 aliphatic heterocycles. The van der Waals surface area contributed by atoms with Crippen molar-refractivity contribution in [2.45, 2.75) is 51.2 Å². The van der Waals surface area contributed by atoms with Gasteiger partial charge in [0.2, 0.25) is 15.9 Å².